The molecule has 0 aromatic heterocycles. The number of amides is 1. The smallest absolute Gasteiger partial charge is 0.241 e. The summed E-state index contributed by atoms with van der Waals surface area (Å²) in [6, 6.07) is 5.11. The maximum atomic E-state index is 13.5. The number of hydrogen-bond acceptors (Lipinski definition) is 2. The van der Waals surface area contributed by atoms with E-state index in [1.54, 1.807) is 24.1 Å². The van der Waals surface area contributed by atoms with E-state index in [0.29, 0.717) is 16.2 Å². The summed E-state index contributed by atoms with van der Waals surface area (Å²) in [5.74, 6) is -0.365. The molecule has 3 nitrogen and oxygen atoms in total. The fraction of sp³-hybridized carbons (Fsp3) is 0.417. The van der Waals surface area contributed by atoms with Crippen molar-refractivity contribution in [2.24, 2.45) is 0 Å². The van der Waals surface area contributed by atoms with Gasteiger partial charge in [0.05, 0.1) is 12.2 Å². The number of likely N-dealkylation sites (N-methyl/N-ethyl adjacent to an activating group) is 1. The summed E-state index contributed by atoms with van der Waals surface area (Å²) in [7, 11) is 1.79. The molecule has 0 heterocycles. The molecule has 1 aliphatic rings. The first kappa shape index (κ1) is 12.4. The molecule has 1 aromatic rings. The predicted octanol–water partition coefficient (Wildman–Crippen LogP) is 2.62. The van der Waals surface area contributed by atoms with Crippen molar-refractivity contribution in [3.05, 3.63) is 28.5 Å². The molecule has 0 unspecified atom stereocenters. The molecule has 2 rings (SSSR count). The van der Waals surface area contributed by atoms with Gasteiger partial charge in [0, 0.05) is 17.6 Å². The van der Waals surface area contributed by atoms with Gasteiger partial charge >= 0.3 is 0 Å². The maximum absolute atomic E-state index is 13.5. The average molecular weight is 301 g/mol. The fourth-order valence-electron chi connectivity index (χ4n) is 1.59. The molecule has 1 aromatic carbocycles. The molecule has 1 saturated carbocycles. The highest BCUT2D eigenvalue weighted by molar-refractivity contribution is 9.10. The molecule has 0 aliphatic heterocycles. The number of carbonyl (C=O) groups excluding carboxylic acids is 1. The van der Waals surface area contributed by atoms with E-state index in [9.17, 15) is 9.18 Å². The summed E-state index contributed by atoms with van der Waals surface area (Å²) in [5.41, 5.74) is 0.353. The summed E-state index contributed by atoms with van der Waals surface area (Å²) in [6.07, 6.45) is 2.16. The molecule has 17 heavy (non-hydrogen) atoms. The number of anilines is 1. The van der Waals surface area contributed by atoms with Crippen LogP contribution in [0.3, 0.4) is 0 Å². The van der Waals surface area contributed by atoms with Gasteiger partial charge in [-0.1, -0.05) is 15.9 Å². The van der Waals surface area contributed by atoms with Gasteiger partial charge in [0.25, 0.3) is 0 Å². The number of benzene rings is 1. The van der Waals surface area contributed by atoms with E-state index in [4.69, 9.17) is 0 Å². The zero-order valence-corrected chi connectivity index (χ0v) is 11.1. The lowest BCUT2D eigenvalue weighted by Gasteiger charge is -2.17. The standard InChI is InChI=1S/C12H14BrFN2O/c1-16(9-3-4-9)12(17)7-15-11-5-2-8(13)6-10(11)14/h2,5-6,9,15H,3-4,7H2,1H3. The zero-order valence-electron chi connectivity index (χ0n) is 9.54. The van der Waals surface area contributed by atoms with Crippen LogP contribution in [0.15, 0.2) is 22.7 Å². The molecular formula is C12H14BrFN2O. The lowest BCUT2D eigenvalue weighted by Crippen LogP contribution is -2.33. The van der Waals surface area contributed by atoms with E-state index >= 15 is 0 Å². The van der Waals surface area contributed by atoms with Crippen LogP contribution < -0.4 is 5.32 Å². The van der Waals surface area contributed by atoms with Crippen molar-refractivity contribution >= 4 is 27.5 Å². The molecule has 0 saturated heterocycles. The van der Waals surface area contributed by atoms with Crippen LogP contribution in [0.5, 0.6) is 0 Å². The molecular weight excluding hydrogens is 287 g/mol. The summed E-state index contributed by atoms with van der Waals surface area (Å²) in [5, 5.41) is 2.82. The van der Waals surface area contributed by atoms with Crippen molar-refractivity contribution in [1.29, 1.82) is 0 Å². The minimum absolute atomic E-state index is 0.00480. The molecule has 0 radical (unpaired) electrons. The zero-order chi connectivity index (χ0) is 12.4. The molecule has 1 aliphatic carbocycles. The van der Waals surface area contributed by atoms with Crippen LogP contribution in [0.25, 0.3) is 0 Å². The summed E-state index contributed by atoms with van der Waals surface area (Å²) >= 11 is 3.18. The SMILES string of the molecule is CN(C(=O)CNc1ccc(Br)cc1F)C1CC1. The van der Waals surface area contributed by atoms with E-state index < -0.39 is 0 Å². The van der Waals surface area contributed by atoms with Gasteiger partial charge in [-0.05, 0) is 31.0 Å². The second-order valence-corrected chi connectivity index (χ2v) is 5.13. The second kappa shape index (κ2) is 5.04. The minimum Gasteiger partial charge on any atom is -0.374 e. The summed E-state index contributed by atoms with van der Waals surface area (Å²) in [6.45, 7) is 0.131. The highest BCUT2D eigenvalue weighted by Crippen LogP contribution is 2.25. The molecule has 5 heteroatoms. The first-order valence-electron chi connectivity index (χ1n) is 5.52. The van der Waals surface area contributed by atoms with Crippen LogP contribution in [-0.4, -0.2) is 30.4 Å². The first-order chi connectivity index (χ1) is 8.08. The Morgan fingerprint density at radius 1 is 1.59 bits per heavy atom. The van der Waals surface area contributed by atoms with Gasteiger partial charge in [0.1, 0.15) is 5.82 Å². The third-order valence-corrected chi connectivity index (χ3v) is 3.34. The Labute approximate surface area is 108 Å². The van der Waals surface area contributed by atoms with Gasteiger partial charge in [0.2, 0.25) is 5.91 Å². The quantitative estimate of drug-likeness (QED) is 0.927. The lowest BCUT2D eigenvalue weighted by molar-refractivity contribution is -0.128. The van der Waals surface area contributed by atoms with Crippen molar-refractivity contribution in [3.8, 4) is 0 Å². The van der Waals surface area contributed by atoms with Crippen LogP contribution in [0, 0.1) is 5.82 Å². The minimum atomic E-state index is -0.360. The molecule has 0 spiro atoms. The number of carbonyl (C=O) groups is 1. The largest absolute Gasteiger partial charge is 0.374 e. The number of halogens is 2. The Balaban J connectivity index is 1.90. The van der Waals surface area contributed by atoms with Crippen LogP contribution in [0.2, 0.25) is 0 Å². The Hall–Kier alpha value is -1.10. The van der Waals surface area contributed by atoms with Crippen LogP contribution >= 0.6 is 15.9 Å². The van der Waals surface area contributed by atoms with Gasteiger partial charge in [-0.25, -0.2) is 4.39 Å². The van der Waals surface area contributed by atoms with Crippen molar-refractivity contribution in [2.75, 3.05) is 18.9 Å². The highest BCUT2D eigenvalue weighted by Gasteiger charge is 2.29. The average Bonchev–Trinajstić information content (AvgIpc) is 3.10. The summed E-state index contributed by atoms with van der Waals surface area (Å²) in [4.78, 5) is 13.4. The topological polar surface area (TPSA) is 32.3 Å². The molecule has 0 atom stereocenters. The number of nitrogens with zero attached hydrogens (tertiary/aromatic N) is 1. The summed E-state index contributed by atoms with van der Waals surface area (Å²) < 4.78 is 14.1. The molecule has 1 N–H and O–H groups in total. The third-order valence-electron chi connectivity index (χ3n) is 2.85. The normalized spacial score (nSPS) is 14.5. The van der Waals surface area contributed by atoms with E-state index in [0.717, 1.165) is 12.8 Å². The highest BCUT2D eigenvalue weighted by atomic mass is 79.9. The predicted molar refractivity (Wildman–Crippen MR) is 68.4 cm³/mol. The van der Waals surface area contributed by atoms with Crippen molar-refractivity contribution in [3.63, 3.8) is 0 Å². The van der Waals surface area contributed by atoms with Crippen molar-refractivity contribution in [2.45, 2.75) is 18.9 Å². The van der Waals surface area contributed by atoms with E-state index in [-0.39, 0.29) is 18.3 Å². The van der Waals surface area contributed by atoms with Crippen molar-refractivity contribution in [1.82, 2.24) is 4.90 Å². The van der Waals surface area contributed by atoms with Crippen LogP contribution in [-0.2, 0) is 4.79 Å². The molecule has 1 amide bonds. The number of nitrogens with one attached hydrogen (secondary N) is 1. The second-order valence-electron chi connectivity index (χ2n) is 4.21. The Kier molecular flexibility index (Phi) is 3.66. The van der Waals surface area contributed by atoms with Gasteiger partial charge < -0.3 is 10.2 Å². The van der Waals surface area contributed by atoms with Gasteiger partial charge in [0.15, 0.2) is 0 Å². The van der Waals surface area contributed by atoms with Crippen LogP contribution in [0.1, 0.15) is 12.8 Å². The van der Waals surface area contributed by atoms with E-state index in [2.05, 4.69) is 21.2 Å². The molecule has 1 fully saturated rings. The Morgan fingerprint density at radius 3 is 2.88 bits per heavy atom. The van der Waals surface area contributed by atoms with Gasteiger partial charge in [-0.3, -0.25) is 4.79 Å². The van der Waals surface area contributed by atoms with Gasteiger partial charge in [-0.2, -0.15) is 0 Å². The van der Waals surface area contributed by atoms with E-state index in [1.807, 2.05) is 0 Å². The Morgan fingerprint density at radius 2 is 2.29 bits per heavy atom. The van der Waals surface area contributed by atoms with Crippen LogP contribution in [0.4, 0.5) is 10.1 Å². The first-order valence-corrected chi connectivity index (χ1v) is 6.32. The Bertz CT molecular complexity index is 435. The number of hydrogen-bond donors (Lipinski definition) is 1. The van der Waals surface area contributed by atoms with Crippen molar-refractivity contribution < 1.29 is 9.18 Å². The lowest BCUT2D eigenvalue weighted by atomic mass is 10.3. The molecule has 92 valence electrons. The fourth-order valence-corrected chi connectivity index (χ4v) is 1.93. The third kappa shape index (κ3) is 3.19. The molecule has 0 bridgehead atoms. The monoisotopic (exact) mass is 300 g/mol. The van der Waals surface area contributed by atoms with Gasteiger partial charge in [-0.15, -0.1) is 0 Å². The van der Waals surface area contributed by atoms with E-state index in [1.165, 1.54) is 6.07 Å². The maximum Gasteiger partial charge on any atom is 0.241 e. The number of rotatable bonds is 4.